The number of halogens is 1. The molecule has 4 saturated carbocycles. The van der Waals surface area contributed by atoms with Gasteiger partial charge in [0, 0.05) is 17.3 Å². The molecule has 4 heteroatoms. The van der Waals surface area contributed by atoms with Crippen molar-refractivity contribution in [1.82, 2.24) is 0 Å². The minimum atomic E-state index is -0.255. The summed E-state index contributed by atoms with van der Waals surface area (Å²) in [5.41, 5.74) is 2.37. The number of carbonyl (C=O) groups is 2. The molecule has 0 radical (unpaired) electrons. The second kappa shape index (κ2) is 10.8. The highest BCUT2D eigenvalue weighted by molar-refractivity contribution is 5.84. The fraction of sp³-hybridized carbons (Fsp3) is 0.750. The maximum Gasteiger partial charge on any atom is 0.306 e. The minimum Gasteiger partial charge on any atom is -0.462 e. The molecule has 0 aromatic heterocycles. The number of rotatable bonds is 5. The van der Waals surface area contributed by atoms with Crippen molar-refractivity contribution in [3.05, 3.63) is 47.3 Å². The third-order valence-electron chi connectivity index (χ3n) is 15.5. The van der Waals surface area contributed by atoms with Crippen molar-refractivity contribution in [2.45, 2.75) is 132 Å². The van der Waals surface area contributed by atoms with Crippen molar-refractivity contribution in [2.24, 2.45) is 56.7 Å². The summed E-state index contributed by atoms with van der Waals surface area (Å²) >= 11 is 0. The molecule has 0 bridgehead atoms. The Morgan fingerprint density at radius 3 is 2.34 bits per heavy atom. The van der Waals surface area contributed by atoms with Crippen molar-refractivity contribution in [3.8, 4) is 0 Å². The smallest absolute Gasteiger partial charge is 0.306 e. The Balaban J connectivity index is 1.25. The van der Waals surface area contributed by atoms with E-state index in [4.69, 9.17) is 4.74 Å². The topological polar surface area (TPSA) is 43.4 Å². The van der Waals surface area contributed by atoms with Gasteiger partial charge in [-0.2, -0.15) is 0 Å². The number of hydrogen-bond donors (Lipinski definition) is 0. The van der Waals surface area contributed by atoms with E-state index in [2.05, 4.69) is 54.5 Å². The number of benzene rings is 1. The quantitative estimate of drug-likeness (QED) is 0.248. The number of ether oxygens (including phenoxy) is 1. The first-order chi connectivity index (χ1) is 20.6. The number of carbonyl (C=O) groups excluding carboxylic acids is 2. The SMILES string of the molecule is CC(=O)[C@]12CC[C@@H](C)[C@H](C)[C@H]1C1=CC[C@@H]3[C@@]4(C)CC[C@H](OC(=O)CCc5ccccc5F)C(C)(C)C4CC[C@@]3(C)[C@]1(C)CC2. The molecule has 10 atom stereocenters. The molecule has 6 rings (SSSR count). The van der Waals surface area contributed by atoms with Crippen LogP contribution in [0.5, 0.6) is 0 Å². The van der Waals surface area contributed by atoms with Gasteiger partial charge in [-0.3, -0.25) is 9.59 Å². The highest BCUT2D eigenvalue weighted by Gasteiger charge is 2.69. The largest absolute Gasteiger partial charge is 0.462 e. The third kappa shape index (κ3) is 4.45. The second-order valence-electron chi connectivity index (χ2n) is 17.3. The Morgan fingerprint density at radius 2 is 1.64 bits per heavy atom. The Morgan fingerprint density at radius 1 is 0.909 bits per heavy atom. The van der Waals surface area contributed by atoms with Crippen LogP contribution in [0.3, 0.4) is 0 Å². The normalized spacial score (nSPS) is 44.2. The molecule has 1 unspecified atom stereocenters. The van der Waals surface area contributed by atoms with Crippen LogP contribution in [0.4, 0.5) is 4.39 Å². The van der Waals surface area contributed by atoms with E-state index < -0.39 is 0 Å². The molecule has 5 aliphatic carbocycles. The fourth-order valence-electron chi connectivity index (χ4n) is 12.4. The second-order valence-corrected chi connectivity index (χ2v) is 17.3. The van der Waals surface area contributed by atoms with E-state index in [1.165, 1.54) is 18.9 Å². The summed E-state index contributed by atoms with van der Waals surface area (Å²) in [6, 6.07) is 6.71. The molecule has 1 aromatic carbocycles. The van der Waals surface area contributed by atoms with E-state index >= 15 is 0 Å². The van der Waals surface area contributed by atoms with Gasteiger partial charge in [0.15, 0.2) is 0 Å². The summed E-state index contributed by atoms with van der Waals surface area (Å²) in [6.45, 7) is 19.2. The van der Waals surface area contributed by atoms with Gasteiger partial charge in [0.2, 0.25) is 0 Å². The van der Waals surface area contributed by atoms with Gasteiger partial charge in [-0.05, 0) is 129 Å². The molecule has 4 fully saturated rings. The predicted molar refractivity (Wildman–Crippen MR) is 174 cm³/mol. The lowest BCUT2D eigenvalue weighted by molar-refractivity contribution is -0.213. The van der Waals surface area contributed by atoms with Crippen molar-refractivity contribution < 1.29 is 18.7 Å². The summed E-state index contributed by atoms with van der Waals surface area (Å²) in [4.78, 5) is 26.5. The van der Waals surface area contributed by atoms with Crippen LogP contribution in [-0.4, -0.2) is 17.9 Å². The van der Waals surface area contributed by atoms with Crippen LogP contribution in [-0.2, 0) is 20.7 Å². The van der Waals surface area contributed by atoms with Crippen LogP contribution >= 0.6 is 0 Å². The molecule has 0 aliphatic heterocycles. The predicted octanol–water partition coefficient (Wildman–Crippen LogP) is 9.92. The molecule has 0 saturated heterocycles. The fourth-order valence-corrected chi connectivity index (χ4v) is 12.4. The number of Topliss-reactive ketones (excluding diaryl/α,β-unsaturated/α-hetero) is 1. The Labute approximate surface area is 266 Å². The average Bonchev–Trinajstić information content (AvgIpc) is 2.96. The minimum absolute atomic E-state index is 0.110. The maximum atomic E-state index is 14.1. The molecule has 1 aromatic rings. The lowest BCUT2D eigenvalue weighted by Crippen LogP contribution is -2.65. The molecule has 44 heavy (non-hydrogen) atoms. The molecule has 3 nitrogen and oxygen atoms in total. The molecule has 0 N–H and O–H groups in total. The van der Waals surface area contributed by atoms with E-state index in [1.54, 1.807) is 17.7 Å². The van der Waals surface area contributed by atoms with Gasteiger partial charge in [-0.25, -0.2) is 4.39 Å². The lowest BCUT2D eigenvalue weighted by Gasteiger charge is -2.71. The molecular formula is C40H57FO3. The van der Waals surface area contributed by atoms with Gasteiger partial charge in [0.25, 0.3) is 0 Å². The molecule has 5 aliphatic rings. The highest BCUT2D eigenvalue weighted by Crippen LogP contribution is 2.76. The maximum absolute atomic E-state index is 14.1. The van der Waals surface area contributed by atoms with Crippen LogP contribution in [0, 0.1) is 62.5 Å². The monoisotopic (exact) mass is 604 g/mol. The van der Waals surface area contributed by atoms with Crippen LogP contribution < -0.4 is 0 Å². The average molecular weight is 605 g/mol. The van der Waals surface area contributed by atoms with Crippen LogP contribution in [0.2, 0.25) is 0 Å². The first-order valence-electron chi connectivity index (χ1n) is 17.8. The van der Waals surface area contributed by atoms with Gasteiger partial charge in [-0.1, -0.05) is 78.3 Å². The highest BCUT2D eigenvalue weighted by atomic mass is 19.1. The Bertz CT molecular complexity index is 1350. The van der Waals surface area contributed by atoms with Gasteiger partial charge in [0.1, 0.15) is 17.7 Å². The number of allylic oxidation sites excluding steroid dienone is 2. The zero-order valence-corrected chi connectivity index (χ0v) is 28.7. The molecule has 0 spiro atoms. The Hall–Kier alpha value is -1.97. The van der Waals surface area contributed by atoms with E-state index in [1.807, 2.05) is 13.0 Å². The standard InChI is InChI=1S/C40H57FO3/c1-25-17-22-40(27(3)42)24-23-38(7)29(35(40)26(25)2)14-15-32-37(6)20-19-33(36(4,5)31(37)18-21-39(32,38)8)44-34(43)16-13-28-11-9-10-12-30(28)41/h9-12,14,25-26,31-33,35H,13,15-24H2,1-8H3/t25-,26+,31?,32-,33+,35+,37+,38-,39-,40-/m1/s1. The summed E-state index contributed by atoms with van der Waals surface area (Å²) in [7, 11) is 0. The van der Waals surface area contributed by atoms with E-state index in [0.717, 1.165) is 44.9 Å². The zero-order chi connectivity index (χ0) is 31.9. The Kier molecular flexibility index (Phi) is 7.85. The van der Waals surface area contributed by atoms with Crippen LogP contribution in [0.15, 0.2) is 35.9 Å². The van der Waals surface area contributed by atoms with Crippen LogP contribution in [0.25, 0.3) is 0 Å². The van der Waals surface area contributed by atoms with E-state index in [-0.39, 0.29) is 51.4 Å². The lowest BCUT2D eigenvalue weighted by atomic mass is 9.33. The number of ketones is 1. The molecular weight excluding hydrogens is 547 g/mol. The van der Waals surface area contributed by atoms with E-state index in [0.29, 0.717) is 47.4 Å². The van der Waals surface area contributed by atoms with Gasteiger partial charge in [-0.15, -0.1) is 0 Å². The van der Waals surface area contributed by atoms with Crippen molar-refractivity contribution in [3.63, 3.8) is 0 Å². The summed E-state index contributed by atoms with van der Waals surface area (Å²) < 4.78 is 20.4. The third-order valence-corrected chi connectivity index (χ3v) is 15.5. The van der Waals surface area contributed by atoms with Crippen molar-refractivity contribution in [2.75, 3.05) is 0 Å². The zero-order valence-electron chi connectivity index (χ0n) is 28.7. The van der Waals surface area contributed by atoms with Gasteiger partial charge < -0.3 is 4.74 Å². The van der Waals surface area contributed by atoms with Gasteiger partial charge in [0.05, 0.1) is 0 Å². The summed E-state index contributed by atoms with van der Waals surface area (Å²) in [6.07, 6.45) is 12.9. The first-order valence-corrected chi connectivity index (χ1v) is 17.8. The number of esters is 1. The molecule has 0 heterocycles. The summed E-state index contributed by atoms with van der Waals surface area (Å²) in [5.74, 6) is 2.57. The van der Waals surface area contributed by atoms with Crippen LogP contribution in [0.1, 0.15) is 125 Å². The molecule has 0 amide bonds. The van der Waals surface area contributed by atoms with Crippen molar-refractivity contribution >= 4 is 11.8 Å². The van der Waals surface area contributed by atoms with Gasteiger partial charge >= 0.3 is 5.97 Å². The number of hydrogen-bond acceptors (Lipinski definition) is 3. The van der Waals surface area contributed by atoms with E-state index in [9.17, 15) is 14.0 Å². The number of fused-ring (bicyclic) bond motifs is 7. The summed E-state index contributed by atoms with van der Waals surface area (Å²) in [5, 5.41) is 0. The van der Waals surface area contributed by atoms with Crippen molar-refractivity contribution in [1.29, 1.82) is 0 Å². The number of aryl methyl sites for hydroxylation is 1. The molecule has 242 valence electrons. The first kappa shape index (κ1) is 32.0.